The standard InChI is InChI=1S/C10H17BrN4/c11-10-5-9(6-14-7-10)8-15(3-1-12)4-2-13/h5-7H,1-4,8,12-13H2. The van der Waals surface area contributed by atoms with Crippen molar-refractivity contribution in [1.82, 2.24) is 9.88 Å². The molecule has 1 rings (SSSR count). The monoisotopic (exact) mass is 272 g/mol. The third-order valence-corrected chi connectivity index (χ3v) is 2.49. The molecule has 0 saturated heterocycles. The number of nitrogens with two attached hydrogens (primary N) is 2. The molecule has 15 heavy (non-hydrogen) atoms. The molecule has 1 aromatic rings. The average molecular weight is 273 g/mol. The average Bonchev–Trinajstić information content (AvgIpc) is 2.18. The molecule has 5 heteroatoms. The van der Waals surface area contributed by atoms with E-state index in [2.05, 4.69) is 31.9 Å². The van der Waals surface area contributed by atoms with Crippen molar-refractivity contribution < 1.29 is 0 Å². The Labute approximate surface area is 98.8 Å². The topological polar surface area (TPSA) is 68.2 Å². The lowest BCUT2D eigenvalue weighted by molar-refractivity contribution is 0.280. The van der Waals surface area contributed by atoms with E-state index in [4.69, 9.17) is 11.5 Å². The first-order chi connectivity index (χ1) is 7.26. The van der Waals surface area contributed by atoms with Gasteiger partial charge in [0.05, 0.1) is 0 Å². The van der Waals surface area contributed by atoms with Crippen LogP contribution in [0.15, 0.2) is 22.9 Å². The number of hydrogen-bond donors (Lipinski definition) is 2. The molecule has 0 fully saturated rings. The highest BCUT2D eigenvalue weighted by molar-refractivity contribution is 9.10. The van der Waals surface area contributed by atoms with Gasteiger partial charge in [-0.2, -0.15) is 0 Å². The Morgan fingerprint density at radius 1 is 1.20 bits per heavy atom. The minimum atomic E-state index is 0.654. The van der Waals surface area contributed by atoms with Gasteiger partial charge in [0, 0.05) is 49.6 Å². The number of nitrogens with zero attached hydrogens (tertiary/aromatic N) is 2. The summed E-state index contributed by atoms with van der Waals surface area (Å²) in [5, 5.41) is 0. The maximum absolute atomic E-state index is 5.54. The molecule has 0 bridgehead atoms. The summed E-state index contributed by atoms with van der Waals surface area (Å²) in [6.07, 6.45) is 3.64. The van der Waals surface area contributed by atoms with Gasteiger partial charge in [-0.15, -0.1) is 0 Å². The Morgan fingerprint density at radius 3 is 2.40 bits per heavy atom. The molecule has 0 amide bonds. The highest BCUT2D eigenvalue weighted by Gasteiger charge is 2.04. The normalized spacial score (nSPS) is 10.9. The molecule has 0 radical (unpaired) electrons. The van der Waals surface area contributed by atoms with Crippen molar-refractivity contribution in [1.29, 1.82) is 0 Å². The van der Waals surface area contributed by atoms with Gasteiger partial charge in [0.25, 0.3) is 0 Å². The van der Waals surface area contributed by atoms with Gasteiger partial charge in [0.2, 0.25) is 0 Å². The molecular weight excluding hydrogens is 256 g/mol. The lowest BCUT2D eigenvalue weighted by atomic mass is 10.2. The van der Waals surface area contributed by atoms with Crippen molar-refractivity contribution >= 4 is 15.9 Å². The molecule has 4 nitrogen and oxygen atoms in total. The van der Waals surface area contributed by atoms with Crippen LogP contribution >= 0.6 is 15.9 Å². The second-order valence-corrected chi connectivity index (χ2v) is 4.28. The third-order valence-electron chi connectivity index (χ3n) is 2.06. The highest BCUT2D eigenvalue weighted by atomic mass is 79.9. The first-order valence-corrected chi connectivity index (χ1v) is 5.77. The molecule has 0 aromatic carbocycles. The van der Waals surface area contributed by atoms with Crippen molar-refractivity contribution in [2.45, 2.75) is 6.54 Å². The maximum Gasteiger partial charge on any atom is 0.0410 e. The van der Waals surface area contributed by atoms with E-state index in [9.17, 15) is 0 Å². The molecule has 0 saturated carbocycles. The van der Waals surface area contributed by atoms with E-state index in [0.717, 1.165) is 24.1 Å². The maximum atomic E-state index is 5.54. The molecule has 0 unspecified atom stereocenters. The highest BCUT2D eigenvalue weighted by Crippen LogP contribution is 2.11. The molecule has 4 N–H and O–H groups in total. The van der Waals surface area contributed by atoms with E-state index in [0.29, 0.717) is 13.1 Å². The van der Waals surface area contributed by atoms with Gasteiger partial charge in [0.15, 0.2) is 0 Å². The van der Waals surface area contributed by atoms with Crippen molar-refractivity contribution in [3.8, 4) is 0 Å². The number of aromatic nitrogens is 1. The summed E-state index contributed by atoms with van der Waals surface area (Å²) in [4.78, 5) is 6.35. The fourth-order valence-corrected chi connectivity index (χ4v) is 1.85. The summed E-state index contributed by atoms with van der Waals surface area (Å²) in [6.45, 7) is 3.89. The Morgan fingerprint density at radius 2 is 1.87 bits per heavy atom. The van der Waals surface area contributed by atoms with Crippen molar-refractivity contribution in [2.24, 2.45) is 11.5 Å². The van der Waals surface area contributed by atoms with Crippen LogP contribution in [-0.4, -0.2) is 36.1 Å². The van der Waals surface area contributed by atoms with Gasteiger partial charge in [-0.05, 0) is 27.6 Å². The van der Waals surface area contributed by atoms with Crippen LogP contribution in [-0.2, 0) is 6.54 Å². The smallest absolute Gasteiger partial charge is 0.0410 e. The molecule has 84 valence electrons. The van der Waals surface area contributed by atoms with E-state index >= 15 is 0 Å². The van der Waals surface area contributed by atoms with E-state index in [-0.39, 0.29) is 0 Å². The fraction of sp³-hybridized carbons (Fsp3) is 0.500. The molecule has 1 heterocycles. The van der Waals surface area contributed by atoms with Crippen LogP contribution in [0, 0.1) is 0 Å². The van der Waals surface area contributed by atoms with E-state index < -0.39 is 0 Å². The van der Waals surface area contributed by atoms with Crippen LogP contribution in [0.5, 0.6) is 0 Å². The number of rotatable bonds is 6. The summed E-state index contributed by atoms with van der Waals surface area (Å²) in [5.74, 6) is 0. The first-order valence-electron chi connectivity index (χ1n) is 4.98. The van der Waals surface area contributed by atoms with E-state index in [1.807, 2.05) is 6.20 Å². The van der Waals surface area contributed by atoms with Gasteiger partial charge >= 0.3 is 0 Å². The Kier molecular flexibility index (Phi) is 5.78. The van der Waals surface area contributed by atoms with Crippen molar-refractivity contribution in [3.63, 3.8) is 0 Å². The largest absolute Gasteiger partial charge is 0.329 e. The van der Waals surface area contributed by atoms with Crippen molar-refractivity contribution in [3.05, 3.63) is 28.5 Å². The lowest BCUT2D eigenvalue weighted by Gasteiger charge is -2.20. The zero-order valence-electron chi connectivity index (χ0n) is 8.69. The quantitative estimate of drug-likeness (QED) is 0.795. The summed E-state index contributed by atoms with van der Waals surface area (Å²) in [6, 6.07) is 2.06. The van der Waals surface area contributed by atoms with Gasteiger partial charge < -0.3 is 11.5 Å². The number of halogens is 1. The van der Waals surface area contributed by atoms with Crippen LogP contribution in [0.25, 0.3) is 0 Å². The zero-order valence-corrected chi connectivity index (χ0v) is 10.3. The second kappa shape index (κ2) is 6.90. The predicted octanol–water partition coefficient (Wildman–Crippen LogP) is 0.564. The minimum Gasteiger partial charge on any atom is -0.329 e. The van der Waals surface area contributed by atoms with Gasteiger partial charge in [-0.25, -0.2) is 0 Å². The Bertz CT molecular complexity index is 287. The van der Waals surface area contributed by atoms with Crippen LogP contribution in [0.4, 0.5) is 0 Å². The molecule has 0 aliphatic carbocycles. The molecule has 0 aliphatic rings. The Hall–Kier alpha value is -0.490. The molecule has 0 atom stereocenters. The summed E-state index contributed by atoms with van der Waals surface area (Å²) < 4.78 is 1.00. The second-order valence-electron chi connectivity index (χ2n) is 3.36. The summed E-state index contributed by atoms with van der Waals surface area (Å²) >= 11 is 3.40. The SMILES string of the molecule is NCCN(CCN)Cc1cncc(Br)c1. The van der Waals surface area contributed by atoms with Crippen LogP contribution in [0.2, 0.25) is 0 Å². The molecule has 0 spiro atoms. The molecular formula is C10H17BrN4. The fourth-order valence-electron chi connectivity index (χ4n) is 1.44. The van der Waals surface area contributed by atoms with Crippen molar-refractivity contribution in [2.75, 3.05) is 26.2 Å². The molecule has 0 aliphatic heterocycles. The number of pyridine rings is 1. The van der Waals surface area contributed by atoms with Crippen LogP contribution in [0.1, 0.15) is 5.56 Å². The first kappa shape index (κ1) is 12.6. The van der Waals surface area contributed by atoms with E-state index in [1.165, 1.54) is 5.56 Å². The van der Waals surface area contributed by atoms with Gasteiger partial charge in [-0.3, -0.25) is 9.88 Å². The third kappa shape index (κ3) is 4.70. The Balaban J connectivity index is 2.56. The van der Waals surface area contributed by atoms with E-state index in [1.54, 1.807) is 6.20 Å². The van der Waals surface area contributed by atoms with Crippen LogP contribution in [0.3, 0.4) is 0 Å². The van der Waals surface area contributed by atoms with Crippen LogP contribution < -0.4 is 11.5 Å². The minimum absolute atomic E-state index is 0.654. The summed E-state index contributed by atoms with van der Waals surface area (Å²) in [7, 11) is 0. The number of hydrogen-bond acceptors (Lipinski definition) is 4. The zero-order chi connectivity index (χ0) is 11.1. The summed E-state index contributed by atoms with van der Waals surface area (Å²) in [5.41, 5.74) is 12.2. The molecule has 1 aromatic heterocycles. The predicted molar refractivity (Wildman–Crippen MR) is 65.3 cm³/mol. The lowest BCUT2D eigenvalue weighted by Crippen LogP contribution is -2.33. The van der Waals surface area contributed by atoms with Gasteiger partial charge in [0.1, 0.15) is 0 Å². The van der Waals surface area contributed by atoms with Gasteiger partial charge in [-0.1, -0.05) is 0 Å².